The molecule has 0 fully saturated rings. The minimum Gasteiger partial charge on any atom is -0.298 e. The van der Waals surface area contributed by atoms with Gasteiger partial charge in [-0.25, -0.2) is 0 Å². The van der Waals surface area contributed by atoms with Gasteiger partial charge >= 0.3 is 0 Å². The summed E-state index contributed by atoms with van der Waals surface area (Å²) in [6.07, 6.45) is 0. The van der Waals surface area contributed by atoms with Crippen LogP contribution in [-0.2, 0) is 0 Å². The third-order valence-electron chi connectivity index (χ3n) is 3.39. The van der Waals surface area contributed by atoms with E-state index in [1.807, 2.05) is 0 Å². The van der Waals surface area contributed by atoms with Crippen LogP contribution in [0.5, 0.6) is 0 Å². The predicted octanol–water partition coefficient (Wildman–Crippen LogP) is 6.01. The van der Waals surface area contributed by atoms with E-state index in [9.17, 15) is 0 Å². The van der Waals surface area contributed by atoms with Crippen LogP contribution in [0.4, 0.5) is 0 Å². The van der Waals surface area contributed by atoms with E-state index in [-0.39, 0.29) is 6.04 Å². The van der Waals surface area contributed by atoms with Crippen molar-refractivity contribution in [1.29, 1.82) is 0 Å². The van der Waals surface area contributed by atoms with E-state index in [1.165, 1.54) is 15.3 Å². The first-order valence-electron chi connectivity index (χ1n) is 6.82. The molecule has 0 amide bonds. The first-order chi connectivity index (χ1) is 10.2. The number of nitrogens with one attached hydrogen (secondary N) is 1. The topological polar surface area (TPSA) is 12.0 Å². The molecular formula is C17H16BrNS2. The van der Waals surface area contributed by atoms with E-state index in [4.69, 9.17) is 0 Å². The van der Waals surface area contributed by atoms with Crippen molar-refractivity contribution < 1.29 is 0 Å². The van der Waals surface area contributed by atoms with Crippen LogP contribution >= 0.6 is 38.6 Å². The van der Waals surface area contributed by atoms with Gasteiger partial charge in [0.15, 0.2) is 0 Å². The van der Waals surface area contributed by atoms with Crippen LogP contribution in [0.15, 0.2) is 63.8 Å². The molecule has 0 radical (unpaired) electrons. The first kappa shape index (κ1) is 15.0. The van der Waals surface area contributed by atoms with Crippen LogP contribution in [-0.4, -0.2) is 0 Å². The van der Waals surface area contributed by atoms with Crippen LogP contribution in [0.25, 0.3) is 0 Å². The molecule has 2 atom stereocenters. The lowest BCUT2D eigenvalue weighted by molar-refractivity contribution is 0.528. The van der Waals surface area contributed by atoms with Crippen LogP contribution in [0, 0.1) is 0 Å². The molecule has 1 aromatic carbocycles. The van der Waals surface area contributed by atoms with Crippen LogP contribution in [0.3, 0.4) is 0 Å². The van der Waals surface area contributed by atoms with E-state index in [0.717, 1.165) is 4.47 Å². The normalized spacial score (nSPS) is 14.0. The van der Waals surface area contributed by atoms with Gasteiger partial charge < -0.3 is 0 Å². The van der Waals surface area contributed by atoms with Gasteiger partial charge in [0.05, 0.1) is 6.04 Å². The molecule has 3 rings (SSSR count). The van der Waals surface area contributed by atoms with Gasteiger partial charge in [0.2, 0.25) is 0 Å². The maximum Gasteiger partial charge on any atom is 0.0675 e. The maximum absolute atomic E-state index is 3.77. The quantitative estimate of drug-likeness (QED) is 0.573. The fourth-order valence-corrected chi connectivity index (χ4v) is 4.61. The van der Waals surface area contributed by atoms with Crippen molar-refractivity contribution in [2.75, 3.05) is 0 Å². The van der Waals surface area contributed by atoms with Crippen molar-refractivity contribution in [1.82, 2.24) is 5.32 Å². The molecule has 2 heterocycles. The largest absolute Gasteiger partial charge is 0.298 e. The molecular weight excluding hydrogens is 362 g/mol. The lowest BCUT2D eigenvalue weighted by Crippen LogP contribution is -2.24. The first-order valence-corrected chi connectivity index (χ1v) is 9.37. The highest BCUT2D eigenvalue weighted by atomic mass is 79.9. The highest BCUT2D eigenvalue weighted by Gasteiger charge is 2.18. The molecule has 108 valence electrons. The smallest absolute Gasteiger partial charge is 0.0675 e. The summed E-state index contributed by atoms with van der Waals surface area (Å²) < 4.78 is 1.16. The Morgan fingerprint density at radius 2 is 1.81 bits per heavy atom. The number of thiophene rings is 2. The third-order valence-corrected chi connectivity index (χ3v) is 6.21. The summed E-state index contributed by atoms with van der Waals surface area (Å²) >= 11 is 7.12. The molecule has 1 N–H and O–H groups in total. The number of halogens is 1. The van der Waals surface area contributed by atoms with Crippen molar-refractivity contribution in [2.45, 2.75) is 19.0 Å². The lowest BCUT2D eigenvalue weighted by Gasteiger charge is -2.22. The molecule has 3 aromatic rings. The predicted molar refractivity (Wildman–Crippen MR) is 96.2 cm³/mol. The Morgan fingerprint density at radius 3 is 2.43 bits per heavy atom. The summed E-state index contributed by atoms with van der Waals surface area (Å²) in [5.74, 6) is 0. The molecule has 0 aliphatic rings. The van der Waals surface area contributed by atoms with Crippen molar-refractivity contribution in [2.24, 2.45) is 0 Å². The molecule has 4 heteroatoms. The minimum absolute atomic E-state index is 0.238. The summed E-state index contributed by atoms with van der Waals surface area (Å²) in [6, 6.07) is 17.7. The maximum atomic E-state index is 3.77. The van der Waals surface area contributed by atoms with Crippen molar-refractivity contribution in [3.05, 3.63) is 79.1 Å². The fraction of sp³-hybridized carbons (Fsp3) is 0.176. The number of hydrogen-bond donors (Lipinski definition) is 1. The number of hydrogen-bond acceptors (Lipinski definition) is 3. The SMILES string of the molecule is CC(NC(c1ccccc1)c1cccs1)c1cc(Br)cs1. The number of rotatable bonds is 5. The second-order valence-corrected chi connectivity index (χ2v) is 7.75. The van der Waals surface area contributed by atoms with Gasteiger partial charge in [-0.05, 0) is 45.9 Å². The Hall–Kier alpha value is -0.940. The Balaban J connectivity index is 1.86. The molecule has 0 aliphatic heterocycles. The summed E-state index contributed by atoms with van der Waals surface area (Å²) in [5, 5.41) is 8.04. The Bertz CT molecular complexity index is 676. The highest BCUT2D eigenvalue weighted by molar-refractivity contribution is 9.10. The van der Waals surface area contributed by atoms with Gasteiger partial charge in [-0.15, -0.1) is 22.7 Å². The molecule has 0 saturated carbocycles. The number of benzene rings is 1. The standard InChI is InChI=1S/C17H16BrNS2/c1-12(16-10-14(18)11-21-16)19-17(15-8-5-9-20-15)13-6-3-2-4-7-13/h2-12,17,19H,1H3. The second-order valence-electron chi connectivity index (χ2n) is 4.91. The van der Waals surface area contributed by atoms with Gasteiger partial charge in [-0.2, -0.15) is 0 Å². The molecule has 2 unspecified atom stereocenters. The molecule has 21 heavy (non-hydrogen) atoms. The Labute approximate surface area is 141 Å². The third kappa shape index (κ3) is 3.64. The van der Waals surface area contributed by atoms with Gasteiger partial charge in [0.25, 0.3) is 0 Å². The van der Waals surface area contributed by atoms with E-state index >= 15 is 0 Å². The Morgan fingerprint density at radius 1 is 1.00 bits per heavy atom. The average Bonchev–Trinajstić information content (AvgIpc) is 3.17. The molecule has 0 bridgehead atoms. The molecule has 0 spiro atoms. The summed E-state index contributed by atoms with van der Waals surface area (Å²) in [7, 11) is 0. The van der Waals surface area contributed by atoms with E-state index < -0.39 is 0 Å². The second kappa shape index (κ2) is 6.88. The van der Waals surface area contributed by atoms with Crippen molar-refractivity contribution >= 4 is 38.6 Å². The van der Waals surface area contributed by atoms with Gasteiger partial charge in [0, 0.05) is 25.6 Å². The molecule has 2 aromatic heterocycles. The fourth-order valence-electron chi connectivity index (χ4n) is 2.33. The van der Waals surface area contributed by atoms with E-state index in [0.29, 0.717) is 6.04 Å². The monoisotopic (exact) mass is 377 g/mol. The Kier molecular flexibility index (Phi) is 4.91. The molecule has 0 saturated heterocycles. The zero-order valence-corrected chi connectivity index (χ0v) is 14.8. The summed E-state index contributed by atoms with van der Waals surface area (Å²) in [4.78, 5) is 2.70. The van der Waals surface area contributed by atoms with Gasteiger partial charge in [-0.1, -0.05) is 36.4 Å². The highest BCUT2D eigenvalue weighted by Crippen LogP contribution is 2.31. The van der Waals surface area contributed by atoms with Crippen LogP contribution < -0.4 is 5.32 Å². The lowest BCUT2D eigenvalue weighted by atomic mass is 10.0. The van der Waals surface area contributed by atoms with E-state index in [2.05, 4.69) is 87.5 Å². The van der Waals surface area contributed by atoms with Crippen molar-refractivity contribution in [3.63, 3.8) is 0 Å². The van der Waals surface area contributed by atoms with Crippen LogP contribution in [0.1, 0.15) is 34.3 Å². The van der Waals surface area contributed by atoms with Gasteiger partial charge in [0.1, 0.15) is 0 Å². The zero-order chi connectivity index (χ0) is 14.7. The van der Waals surface area contributed by atoms with Gasteiger partial charge in [-0.3, -0.25) is 5.32 Å². The zero-order valence-electron chi connectivity index (χ0n) is 11.6. The summed E-state index contributed by atoms with van der Waals surface area (Å²) in [6.45, 7) is 2.22. The summed E-state index contributed by atoms with van der Waals surface area (Å²) in [5.41, 5.74) is 1.31. The molecule has 0 aliphatic carbocycles. The minimum atomic E-state index is 0.238. The van der Waals surface area contributed by atoms with Crippen LogP contribution in [0.2, 0.25) is 0 Å². The van der Waals surface area contributed by atoms with Crippen molar-refractivity contribution in [3.8, 4) is 0 Å². The average molecular weight is 378 g/mol. The van der Waals surface area contributed by atoms with E-state index in [1.54, 1.807) is 22.7 Å². The molecule has 1 nitrogen and oxygen atoms in total.